The Kier molecular flexibility index (Phi) is 5.70. The minimum atomic E-state index is -0.388. The number of carbonyl (C=O) groups excluding carboxylic acids is 3. The van der Waals surface area contributed by atoms with E-state index in [1.165, 1.54) is 4.90 Å². The van der Waals surface area contributed by atoms with Crippen LogP contribution < -0.4 is 4.46 Å². The van der Waals surface area contributed by atoms with Crippen molar-refractivity contribution in [2.24, 2.45) is 5.92 Å². The van der Waals surface area contributed by atoms with Crippen LogP contribution in [0.3, 0.4) is 0 Å². The average Bonchev–Trinajstić information content (AvgIpc) is 2.86. The fourth-order valence-corrected chi connectivity index (χ4v) is 4.96. The Morgan fingerprint density at radius 2 is 1.46 bits per heavy atom. The molecular weight excluding hydrogens is 393 g/mol. The van der Waals surface area contributed by atoms with Gasteiger partial charge in [0, 0.05) is 0 Å². The first-order chi connectivity index (χ1) is 12.5. The van der Waals surface area contributed by atoms with E-state index in [0.29, 0.717) is 17.5 Å². The summed E-state index contributed by atoms with van der Waals surface area (Å²) in [6, 6.07) is 16.1. The summed E-state index contributed by atoms with van der Waals surface area (Å²) in [5.41, 5.74) is 0.875. The van der Waals surface area contributed by atoms with Gasteiger partial charge in [-0.1, -0.05) is 0 Å². The quantitative estimate of drug-likeness (QED) is 0.517. The van der Waals surface area contributed by atoms with Crippen LogP contribution in [0.2, 0.25) is 0 Å². The van der Waals surface area contributed by atoms with Gasteiger partial charge in [-0.3, -0.25) is 0 Å². The van der Waals surface area contributed by atoms with Crippen LogP contribution in [0.4, 0.5) is 0 Å². The van der Waals surface area contributed by atoms with E-state index in [4.69, 9.17) is 0 Å². The van der Waals surface area contributed by atoms with E-state index in [1.54, 1.807) is 24.3 Å². The summed E-state index contributed by atoms with van der Waals surface area (Å²) in [6.45, 7) is 4.08. The van der Waals surface area contributed by atoms with Crippen LogP contribution in [-0.2, 0) is 4.79 Å². The summed E-state index contributed by atoms with van der Waals surface area (Å²) in [6.07, 6.45) is 0.848. The molecule has 0 bridgehead atoms. The Bertz CT molecular complexity index is 797. The van der Waals surface area contributed by atoms with Gasteiger partial charge in [-0.2, -0.15) is 0 Å². The zero-order chi connectivity index (χ0) is 18.7. The summed E-state index contributed by atoms with van der Waals surface area (Å²) < 4.78 is 1.11. The molecule has 0 N–H and O–H groups in total. The second-order valence-corrected chi connectivity index (χ2v) is 9.17. The number of carbonyl (C=O) groups is 3. The molecule has 3 rings (SSSR count). The second-order valence-electron chi connectivity index (χ2n) is 6.80. The SMILES string of the molecule is CC(C)C[C@@H](CC(=O)[Se]c1ccccc1)N1C(=O)c2ccccc2C1=O. The molecule has 1 heterocycles. The van der Waals surface area contributed by atoms with Gasteiger partial charge in [0.05, 0.1) is 0 Å². The van der Waals surface area contributed by atoms with Crippen LogP contribution in [0.25, 0.3) is 0 Å². The Hall–Kier alpha value is -2.23. The Morgan fingerprint density at radius 1 is 0.923 bits per heavy atom. The molecule has 0 spiro atoms. The predicted octanol–water partition coefficient (Wildman–Crippen LogP) is 2.64. The Balaban J connectivity index is 1.79. The number of rotatable bonds is 7. The summed E-state index contributed by atoms with van der Waals surface area (Å²) in [5.74, 6) is -0.283. The first kappa shape index (κ1) is 18.6. The van der Waals surface area contributed by atoms with Gasteiger partial charge in [0.25, 0.3) is 0 Å². The fraction of sp³-hybridized carbons (Fsp3) is 0.286. The number of fused-ring (bicyclic) bond motifs is 1. The summed E-state index contributed by atoms with van der Waals surface area (Å²) in [7, 11) is 0. The third-order valence-corrected chi connectivity index (χ3v) is 6.20. The molecule has 1 aliphatic rings. The van der Waals surface area contributed by atoms with Gasteiger partial charge in [0.1, 0.15) is 0 Å². The predicted molar refractivity (Wildman–Crippen MR) is 102 cm³/mol. The number of imide groups is 1. The van der Waals surface area contributed by atoms with E-state index in [9.17, 15) is 14.4 Å². The van der Waals surface area contributed by atoms with Crippen LogP contribution in [-0.4, -0.2) is 42.4 Å². The van der Waals surface area contributed by atoms with Crippen molar-refractivity contribution in [3.8, 4) is 0 Å². The zero-order valence-corrected chi connectivity index (χ0v) is 16.6. The number of hydrogen-bond acceptors (Lipinski definition) is 3. The fourth-order valence-electron chi connectivity index (χ4n) is 3.22. The van der Waals surface area contributed by atoms with Crippen molar-refractivity contribution in [1.82, 2.24) is 4.90 Å². The first-order valence-electron chi connectivity index (χ1n) is 8.70. The monoisotopic (exact) mass is 415 g/mol. The summed E-state index contributed by atoms with van der Waals surface area (Å²) >= 11 is -0.310. The van der Waals surface area contributed by atoms with Gasteiger partial charge >= 0.3 is 160 Å². The standard InChI is InChI=1S/C21H21NO3Se/c1-14(2)12-15(13-19(23)26-16-8-4-3-5-9-16)22-20(24)17-10-6-7-11-18(17)21(22)25/h3-11,14-15H,12-13H2,1-2H3/t15-/m0/s1. The van der Waals surface area contributed by atoms with Crippen LogP contribution in [0.15, 0.2) is 54.6 Å². The van der Waals surface area contributed by atoms with Crippen LogP contribution in [0, 0.1) is 5.92 Å². The summed E-state index contributed by atoms with van der Waals surface area (Å²) in [4.78, 5) is 39.5. The molecule has 1 atom stereocenters. The van der Waals surface area contributed by atoms with Gasteiger partial charge in [0.15, 0.2) is 0 Å². The van der Waals surface area contributed by atoms with Crippen molar-refractivity contribution in [2.75, 3.05) is 0 Å². The van der Waals surface area contributed by atoms with Gasteiger partial charge in [0.2, 0.25) is 0 Å². The van der Waals surface area contributed by atoms with E-state index < -0.39 is 0 Å². The van der Waals surface area contributed by atoms with Crippen molar-refractivity contribution >= 4 is 35.9 Å². The molecule has 0 aliphatic carbocycles. The summed E-state index contributed by atoms with van der Waals surface area (Å²) in [5, 5.41) is 0. The minimum absolute atomic E-state index is 0.103. The van der Waals surface area contributed by atoms with Crippen LogP contribution in [0.5, 0.6) is 0 Å². The topological polar surface area (TPSA) is 54.5 Å². The average molecular weight is 414 g/mol. The molecule has 0 radical (unpaired) electrons. The third kappa shape index (κ3) is 3.95. The van der Waals surface area contributed by atoms with Crippen molar-refractivity contribution < 1.29 is 14.4 Å². The molecule has 0 saturated carbocycles. The van der Waals surface area contributed by atoms with Gasteiger partial charge < -0.3 is 0 Å². The van der Waals surface area contributed by atoms with Crippen molar-refractivity contribution in [2.45, 2.75) is 32.7 Å². The Morgan fingerprint density at radius 3 is 2.00 bits per heavy atom. The molecule has 134 valence electrons. The Labute approximate surface area is 159 Å². The number of benzene rings is 2. The number of amides is 2. The van der Waals surface area contributed by atoms with Gasteiger partial charge in [-0.15, -0.1) is 0 Å². The van der Waals surface area contributed by atoms with Crippen molar-refractivity contribution in [1.29, 1.82) is 0 Å². The second kappa shape index (κ2) is 7.98. The molecule has 5 heteroatoms. The molecule has 4 nitrogen and oxygen atoms in total. The molecular formula is C21H21NO3Se. The molecule has 26 heavy (non-hydrogen) atoms. The molecule has 0 unspecified atom stereocenters. The normalized spacial score (nSPS) is 14.7. The third-order valence-electron chi connectivity index (χ3n) is 4.31. The van der Waals surface area contributed by atoms with Crippen LogP contribution in [0.1, 0.15) is 47.4 Å². The van der Waals surface area contributed by atoms with Crippen LogP contribution >= 0.6 is 0 Å². The molecule has 0 fully saturated rings. The molecule has 1 aliphatic heterocycles. The van der Waals surface area contributed by atoms with E-state index >= 15 is 0 Å². The van der Waals surface area contributed by atoms with Crippen molar-refractivity contribution in [3.63, 3.8) is 0 Å². The van der Waals surface area contributed by atoms with E-state index in [-0.39, 0.29) is 49.8 Å². The molecule has 2 aromatic rings. The molecule has 2 amide bonds. The van der Waals surface area contributed by atoms with E-state index in [0.717, 1.165) is 4.46 Å². The van der Waals surface area contributed by atoms with Crippen molar-refractivity contribution in [3.05, 3.63) is 65.7 Å². The van der Waals surface area contributed by atoms with E-state index in [2.05, 4.69) is 0 Å². The molecule has 0 aromatic heterocycles. The maximum atomic E-state index is 12.8. The van der Waals surface area contributed by atoms with Gasteiger partial charge in [-0.25, -0.2) is 0 Å². The zero-order valence-electron chi connectivity index (χ0n) is 14.8. The van der Waals surface area contributed by atoms with E-state index in [1.807, 2.05) is 44.2 Å². The molecule has 2 aromatic carbocycles. The number of nitrogens with zero attached hydrogens (tertiary/aromatic N) is 1. The molecule has 0 saturated heterocycles. The maximum absolute atomic E-state index is 12.8. The number of hydrogen-bond donors (Lipinski definition) is 0. The first-order valence-corrected chi connectivity index (χ1v) is 10.4. The van der Waals surface area contributed by atoms with Gasteiger partial charge in [-0.05, 0) is 0 Å².